The van der Waals surface area contributed by atoms with Crippen LogP contribution in [0.4, 0.5) is 5.69 Å². The van der Waals surface area contributed by atoms with Gasteiger partial charge in [-0.2, -0.15) is 0 Å². The Balaban J connectivity index is 1.99. The highest BCUT2D eigenvalue weighted by Crippen LogP contribution is 2.25. The Labute approximate surface area is 142 Å². The Morgan fingerprint density at radius 1 is 1.04 bits per heavy atom. The van der Waals surface area contributed by atoms with E-state index in [0.717, 1.165) is 10.6 Å². The molecule has 0 aliphatic carbocycles. The fourth-order valence-corrected chi connectivity index (χ4v) is 2.72. The van der Waals surface area contributed by atoms with Crippen LogP contribution in [0.1, 0.15) is 32.3 Å². The van der Waals surface area contributed by atoms with Crippen molar-refractivity contribution in [1.82, 2.24) is 0 Å². The molecule has 1 N–H and O–H groups in total. The predicted molar refractivity (Wildman–Crippen MR) is 97.5 cm³/mol. The fourth-order valence-electron chi connectivity index (χ4n) is 2.17. The highest BCUT2D eigenvalue weighted by atomic mass is 32.2. The van der Waals surface area contributed by atoms with Gasteiger partial charge in [0.2, 0.25) is 0 Å². The van der Waals surface area contributed by atoms with Gasteiger partial charge in [-0.3, -0.25) is 4.79 Å². The van der Waals surface area contributed by atoms with Gasteiger partial charge in [-0.1, -0.05) is 38.1 Å². The van der Waals surface area contributed by atoms with E-state index in [0.29, 0.717) is 11.7 Å². The summed E-state index contributed by atoms with van der Waals surface area (Å²) in [6.45, 7) is 6.05. The lowest BCUT2D eigenvalue weighted by Gasteiger charge is -2.16. The number of benzene rings is 2. The molecule has 0 bridgehead atoms. The van der Waals surface area contributed by atoms with Gasteiger partial charge in [-0.05, 0) is 48.9 Å². The third-order valence-corrected chi connectivity index (χ3v) is 4.39. The first kappa shape index (κ1) is 17.4. The van der Waals surface area contributed by atoms with Crippen LogP contribution in [0.25, 0.3) is 0 Å². The summed E-state index contributed by atoms with van der Waals surface area (Å²) < 4.78 is 5.74. The maximum Gasteiger partial charge on any atom is 0.265 e. The zero-order chi connectivity index (χ0) is 16.8. The van der Waals surface area contributed by atoms with Crippen LogP contribution in [-0.2, 0) is 4.79 Å². The molecule has 0 radical (unpaired) electrons. The number of thioether (sulfide) groups is 1. The van der Waals surface area contributed by atoms with Gasteiger partial charge in [0.05, 0.1) is 5.69 Å². The molecule has 0 aliphatic rings. The van der Waals surface area contributed by atoms with Gasteiger partial charge in [-0.15, -0.1) is 11.8 Å². The maximum absolute atomic E-state index is 12.3. The van der Waals surface area contributed by atoms with Gasteiger partial charge in [0.1, 0.15) is 5.75 Å². The molecule has 0 saturated heterocycles. The molecule has 1 unspecified atom stereocenters. The summed E-state index contributed by atoms with van der Waals surface area (Å²) in [6.07, 6.45) is 1.43. The zero-order valence-corrected chi connectivity index (χ0v) is 14.8. The first-order chi connectivity index (χ1) is 11.0. The number of para-hydroxylation sites is 1. The van der Waals surface area contributed by atoms with E-state index in [1.165, 1.54) is 5.56 Å². The quantitative estimate of drug-likeness (QED) is 0.763. The fraction of sp³-hybridized carbons (Fsp3) is 0.316. The second-order valence-electron chi connectivity index (χ2n) is 5.67. The van der Waals surface area contributed by atoms with Crippen LogP contribution in [0, 0.1) is 0 Å². The van der Waals surface area contributed by atoms with Crippen molar-refractivity contribution in [2.24, 2.45) is 0 Å². The number of hydrogen-bond donors (Lipinski definition) is 1. The molecule has 0 saturated carbocycles. The smallest absolute Gasteiger partial charge is 0.265 e. The number of hydrogen-bond acceptors (Lipinski definition) is 3. The number of amides is 1. The highest BCUT2D eigenvalue weighted by molar-refractivity contribution is 7.98. The van der Waals surface area contributed by atoms with Crippen LogP contribution in [0.15, 0.2) is 53.4 Å². The van der Waals surface area contributed by atoms with Crippen molar-refractivity contribution in [3.05, 3.63) is 54.1 Å². The molecule has 122 valence electrons. The molecule has 0 fully saturated rings. The van der Waals surface area contributed by atoms with Crippen LogP contribution >= 0.6 is 11.8 Å². The molecule has 23 heavy (non-hydrogen) atoms. The minimum atomic E-state index is -0.560. The minimum absolute atomic E-state index is 0.153. The number of ether oxygens (including phenoxy) is 1. The molecule has 0 spiro atoms. The monoisotopic (exact) mass is 329 g/mol. The summed E-state index contributed by atoms with van der Waals surface area (Å²) in [4.78, 5) is 13.4. The van der Waals surface area contributed by atoms with Crippen LogP contribution in [0.5, 0.6) is 5.75 Å². The van der Waals surface area contributed by atoms with Crippen molar-refractivity contribution in [1.29, 1.82) is 0 Å². The average Bonchev–Trinajstić information content (AvgIpc) is 2.55. The summed E-state index contributed by atoms with van der Waals surface area (Å²) in [7, 11) is 0. The lowest BCUT2D eigenvalue weighted by molar-refractivity contribution is -0.122. The Morgan fingerprint density at radius 3 is 2.30 bits per heavy atom. The van der Waals surface area contributed by atoms with E-state index in [-0.39, 0.29) is 5.91 Å². The van der Waals surface area contributed by atoms with Gasteiger partial charge < -0.3 is 10.1 Å². The molecule has 2 aromatic rings. The predicted octanol–water partition coefficient (Wildman–Crippen LogP) is 4.94. The molecular formula is C19H23NO2S. The Bertz CT molecular complexity index is 653. The van der Waals surface area contributed by atoms with Gasteiger partial charge >= 0.3 is 0 Å². The van der Waals surface area contributed by atoms with Crippen LogP contribution in [0.3, 0.4) is 0 Å². The molecule has 2 aromatic carbocycles. The lowest BCUT2D eigenvalue weighted by atomic mass is 10.0. The topological polar surface area (TPSA) is 38.3 Å². The third-order valence-electron chi connectivity index (χ3n) is 3.59. The summed E-state index contributed by atoms with van der Waals surface area (Å²) in [6, 6.07) is 15.6. The van der Waals surface area contributed by atoms with E-state index >= 15 is 0 Å². The van der Waals surface area contributed by atoms with E-state index in [1.54, 1.807) is 18.7 Å². The molecule has 3 nitrogen and oxygen atoms in total. The summed E-state index contributed by atoms with van der Waals surface area (Å²) in [5.41, 5.74) is 2.07. The SMILES string of the molecule is CSc1ccccc1NC(=O)C(C)Oc1ccc(C(C)C)cc1. The molecular weight excluding hydrogens is 306 g/mol. The van der Waals surface area contributed by atoms with E-state index in [1.807, 2.05) is 54.8 Å². The van der Waals surface area contributed by atoms with Gasteiger partial charge in [-0.25, -0.2) is 0 Å². The molecule has 0 heterocycles. The third kappa shape index (κ3) is 4.76. The van der Waals surface area contributed by atoms with Crippen molar-refractivity contribution in [3.8, 4) is 5.75 Å². The van der Waals surface area contributed by atoms with E-state index < -0.39 is 6.10 Å². The molecule has 2 rings (SSSR count). The first-order valence-electron chi connectivity index (χ1n) is 7.71. The molecule has 0 aromatic heterocycles. The Morgan fingerprint density at radius 2 is 1.70 bits per heavy atom. The van der Waals surface area contributed by atoms with Crippen molar-refractivity contribution in [3.63, 3.8) is 0 Å². The lowest BCUT2D eigenvalue weighted by Crippen LogP contribution is -2.30. The van der Waals surface area contributed by atoms with Gasteiger partial charge in [0, 0.05) is 4.90 Å². The van der Waals surface area contributed by atoms with E-state index in [2.05, 4.69) is 19.2 Å². The van der Waals surface area contributed by atoms with Gasteiger partial charge in [0.15, 0.2) is 6.10 Å². The minimum Gasteiger partial charge on any atom is -0.481 e. The molecule has 0 aliphatic heterocycles. The van der Waals surface area contributed by atoms with Crippen molar-refractivity contribution < 1.29 is 9.53 Å². The summed E-state index contributed by atoms with van der Waals surface area (Å²) >= 11 is 1.60. The molecule has 1 amide bonds. The molecule has 1 atom stereocenters. The maximum atomic E-state index is 12.3. The van der Waals surface area contributed by atoms with Crippen LogP contribution < -0.4 is 10.1 Å². The number of carbonyl (C=O) groups excluding carboxylic acids is 1. The van der Waals surface area contributed by atoms with Crippen LogP contribution in [-0.4, -0.2) is 18.3 Å². The second-order valence-corrected chi connectivity index (χ2v) is 6.52. The van der Waals surface area contributed by atoms with Crippen LogP contribution in [0.2, 0.25) is 0 Å². The van der Waals surface area contributed by atoms with Crippen molar-refractivity contribution in [2.75, 3.05) is 11.6 Å². The number of anilines is 1. The Kier molecular flexibility index (Phi) is 6.11. The number of nitrogens with one attached hydrogen (secondary N) is 1. The number of carbonyl (C=O) groups is 1. The average molecular weight is 329 g/mol. The highest BCUT2D eigenvalue weighted by Gasteiger charge is 2.16. The van der Waals surface area contributed by atoms with Crippen molar-refractivity contribution in [2.45, 2.75) is 37.7 Å². The van der Waals surface area contributed by atoms with E-state index in [9.17, 15) is 4.79 Å². The Hall–Kier alpha value is -1.94. The van der Waals surface area contributed by atoms with E-state index in [4.69, 9.17) is 4.74 Å². The normalized spacial score (nSPS) is 12.0. The van der Waals surface area contributed by atoms with Gasteiger partial charge in [0.25, 0.3) is 5.91 Å². The molecule has 4 heteroatoms. The standard InChI is InChI=1S/C19H23NO2S/c1-13(2)15-9-11-16(12-10-15)22-14(3)19(21)20-17-7-5-6-8-18(17)23-4/h5-14H,1-4H3,(H,20,21). The zero-order valence-electron chi connectivity index (χ0n) is 14.0. The van der Waals surface area contributed by atoms with Crippen molar-refractivity contribution >= 4 is 23.4 Å². The largest absolute Gasteiger partial charge is 0.481 e. The number of rotatable bonds is 6. The first-order valence-corrected chi connectivity index (χ1v) is 8.94. The summed E-state index contributed by atoms with van der Waals surface area (Å²) in [5.74, 6) is 1.03. The summed E-state index contributed by atoms with van der Waals surface area (Å²) in [5, 5.41) is 2.93. The second kappa shape index (κ2) is 8.06.